The molecule has 2 aromatic carbocycles. The molecule has 0 spiro atoms. The molecule has 2 saturated carbocycles. The molecule has 6 rings (SSSR count). The molecule has 0 saturated heterocycles. The van der Waals surface area contributed by atoms with E-state index in [1.807, 2.05) is 0 Å². The number of hydrogen-bond acceptors (Lipinski definition) is 10. The maximum Gasteiger partial charge on any atom is 0.280 e. The molecule has 12 heteroatoms. The van der Waals surface area contributed by atoms with E-state index in [9.17, 15) is 43.8 Å². The number of anilines is 1. The normalized spacial score (nSPS) is 29.5. The number of hydrazine groups is 1. The van der Waals surface area contributed by atoms with Crippen molar-refractivity contribution in [3.05, 3.63) is 58.7 Å². The summed E-state index contributed by atoms with van der Waals surface area (Å²) in [4.78, 5) is 89.8. The van der Waals surface area contributed by atoms with Crippen LogP contribution in [0.15, 0.2) is 36.4 Å². The fraction of sp³-hybridized carbons (Fsp3) is 0.296. The number of nitrogens with two attached hydrogens (primary N) is 1. The molecule has 198 valence electrons. The first kappa shape index (κ1) is 24.6. The number of benzene rings is 2. The van der Waals surface area contributed by atoms with Gasteiger partial charge in [0.2, 0.25) is 5.91 Å². The Bertz CT molecular complexity index is 1550. The first-order valence-electron chi connectivity index (χ1n) is 12.2. The van der Waals surface area contributed by atoms with Crippen molar-refractivity contribution in [3.8, 4) is 5.75 Å². The van der Waals surface area contributed by atoms with Crippen LogP contribution in [0.5, 0.6) is 5.75 Å². The van der Waals surface area contributed by atoms with Gasteiger partial charge in [0, 0.05) is 12.3 Å². The summed E-state index contributed by atoms with van der Waals surface area (Å²) in [5.41, 5.74) is 5.29. The molecule has 0 bridgehead atoms. The summed E-state index contributed by atoms with van der Waals surface area (Å²) < 4.78 is 0. The molecular weight excluding hydrogens is 510 g/mol. The Morgan fingerprint density at radius 2 is 1.59 bits per heavy atom. The number of imide groups is 1. The molecule has 39 heavy (non-hydrogen) atoms. The molecule has 5 N–H and O–H groups in total. The van der Waals surface area contributed by atoms with Crippen LogP contribution in [0.1, 0.15) is 49.5 Å². The van der Waals surface area contributed by atoms with Gasteiger partial charge in [-0.25, -0.2) is 0 Å². The van der Waals surface area contributed by atoms with Gasteiger partial charge in [0.1, 0.15) is 0 Å². The van der Waals surface area contributed by atoms with Gasteiger partial charge in [0.25, 0.3) is 11.8 Å². The van der Waals surface area contributed by atoms with Crippen molar-refractivity contribution in [2.75, 3.05) is 5.43 Å². The first-order chi connectivity index (χ1) is 18.5. The van der Waals surface area contributed by atoms with Gasteiger partial charge in [0.05, 0.1) is 28.3 Å². The number of nitrogens with zero attached hydrogens (tertiary/aromatic N) is 1. The molecular formula is C27H21N3O9. The molecule has 1 aliphatic heterocycles. The molecule has 1 heterocycles. The quantitative estimate of drug-likeness (QED) is 0.236. The minimum absolute atomic E-state index is 0.0170. The molecule has 2 unspecified atom stereocenters. The van der Waals surface area contributed by atoms with Crippen molar-refractivity contribution < 1.29 is 43.8 Å². The molecule has 0 radical (unpaired) electrons. The van der Waals surface area contributed by atoms with Crippen LogP contribution in [0.4, 0.5) is 5.69 Å². The number of fused-ring (bicyclic) bond motifs is 4. The SMILES string of the molecule is NC(=O)C1C(=O)C[C@@H]2C[C@@H]3Cc4ccc(NN5C(=O)c6ccccc6C5=O)c(O)c4C(=O)C3C(=O)[C@]2(O)C1=O. The third-order valence-electron chi connectivity index (χ3n) is 8.30. The van der Waals surface area contributed by atoms with Crippen LogP contribution >= 0.6 is 0 Å². The van der Waals surface area contributed by atoms with Crippen LogP contribution < -0.4 is 11.2 Å². The lowest BCUT2D eigenvalue weighted by molar-refractivity contribution is -0.175. The number of primary amides is 1. The number of carbonyl (C=O) groups is 7. The molecule has 12 nitrogen and oxygen atoms in total. The van der Waals surface area contributed by atoms with Gasteiger partial charge in [-0.1, -0.05) is 18.2 Å². The van der Waals surface area contributed by atoms with E-state index in [0.717, 1.165) is 0 Å². The maximum absolute atomic E-state index is 13.6. The third kappa shape index (κ3) is 3.18. The number of amides is 3. The number of phenolic OH excluding ortho intramolecular Hbond substituents is 1. The van der Waals surface area contributed by atoms with Gasteiger partial charge < -0.3 is 15.9 Å². The second-order valence-corrected chi connectivity index (χ2v) is 10.3. The van der Waals surface area contributed by atoms with Gasteiger partial charge in [-0.2, -0.15) is 5.01 Å². The minimum Gasteiger partial charge on any atom is -0.505 e. The number of carbonyl (C=O) groups excluding carboxylic acids is 7. The van der Waals surface area contributed by atoms with Crippen molar-refractivity contribution in [2.24, 2.45) is 29.4 Å². The summed E-state index contributed by atoms with van der Waals surface area (Å²) in [6.07, 6.45) is -0.316. The second-order valence-electron chi connectivity index (χ2n) is 10.3. The average Bonchev–Trinajstić information content (AvgIpc) is 3.12. The number of aromatic hydroxyl groups is 1. The standard InChI is InChI=1S/C27H21N3O9/c28-24(36)19-16(31)9-12-8-11-7-10-5-6-15(29-30-25(37)13-3-1-2-4-14(13)26(30)38)20(32)17(10)21(33)18(11)22(34)27(12,39)23(19)35/h1-6,11-12,18-19,29,32,39H,7-9H2,(H2,28,36)/t11-,12-,18?,19?,27-/m0/s1. The van der Waals surface area contributed by atoms with Gasteiger partial charge in [-0.3, -0.25) is 39.0 Å². The number of hydrogen-bond donors (Lipinski definition) is 4. The summed E-state index contributed by atoms with van der Waals surface area (Å²) in [5, 5.41) is 23.0. The fourth-order valence-corrected chi connectivity index (χ4v) is 6.44. The van der Waals surface area contributed by atoms with Crippen LogP contribution in [-0.4, -0.2) is 61.7 Å². The topological polar surface area (TPSA) is 201 Å². The number of nitrogens with one attached hydrogen (secondary N) is 1. The van der Waals surface area contributed by atoms with Gasteiger partial charge in [-0.05, 0) is 42.5 Å². The lowest BCUT2D eigenvalue weighted by Gasteiger charge is -2.48. The van der Waals surface area contributed by atoms with E-state index in [1.54, 1.807) is 12.1 Å². The second kappa shape index (κ2) is 8.14. The highest BCUT2D eigenvalue weighted by molar-refractivity contribution is 6.31. The summed E-state index contributed by atoms with van der Waals surface area (Å²) in [6, 6.07) is 9.04. The van der Waals surface area contributed by atoms with Gasteiger partial charge in [-0.15, -0.1) is 0 Å². The van der Waals surface area contributed by atoms with Crippen molar-refractivity contribution in [1.82, 2.24) is 5.01 Å². The predicted molar refractivity (Wildman–Crippen MR) is 129 cm³/mol. The zero-order valence-corrected chi connectivity index (χ0v) is 20.2. The van der Waals surface area contributed by atoms with Crippen LogP contribution in [0.3, 0.4) is 0 Å². The van der Waals surface area contributed by atoms with E-state index in [2.05, 4.69) is 5.43 Å². The Balaban J connectivity index is 1.35. The average molecular weight is 531 g/mol. The van der Waals surface area contributed by atoms with Crippen LogP contribution in [0.2, 0.25) is 0 Å². The van der Waals surface area contributed by atoms with Gasteiger partial charge >= 0.3 is 0 Å². The zero-order chi connectivity index (χ0) is 28.0. The van der Waals surface area contributed by atoms with E-state index in [1.165, 1.54) is 24.3 Å². The Kier molecular flexibility index (Phi) is 5.14. The summed E-state index contributed by atoms with van der Waals surface area (Å²) in [7, 11) is 0. The van der Waals surface area contributed by atoms with E-state index >= 15 is 0 Å². The molecule has 5 atom stereocenters. The highest BCUT2D eigenvalue weighted by Gasteiger charge is 2.66. The molecule has 0 aromatic heterocycles. The third-order valence-corrected chi connectivity index (χ3v) is 8.30. The smallest absolute Gasteiger partial charge is 0.280 e. The largest absolute Gasteiger partial charge is 0.505 e. The fourth-order valence-electron chi connectivity index (χ4n) is 6.44. The van der Waals surface area contributed by atoms with Crippen LogP contribution in [0.25, 0.3) is 0 Å². The van der Waals surface area contributed by atoms with E-state index < -0.39 is 82.3 Å². The Labute approximate surface area is 219 Å². The van der Waals surface area contributed by atoms with Crippen molar-refractivity contribution in [2.45, 2.75) is 24.9 Å². The Morgan fingerprint density at radius 1 is 0.949 bits per heavy atom. The molecule has 4 aliphatic rings. The van der Waals surface area contributed by atoms with Crippen molar-refractivity contribution in [1.29, 1.82) is 0 Å². The highest BCUT2D eigenvalue weighted by Crippen LogP contribution is 2.50. The molecule has 2 aromatic rings. The summed E-state index contributed by atoms with van der Waals surface area (Å²) >= 11 is 0. The highest BCUT2D eigenvalue weighted by atomic mass is 16.3. The number of ketones is 4. The molecule has 3 amide bonds. The van der Waals surface area contributed by atoms with Crippen molar-refractivity contribution >= 4 is 46.5 Å². The summed E-state index contributed by atoms with van der Waals surface area (Å²) in [5.74, 6) is -12.6. The Hall–Kier alpha value is -4.71. The van der Waals surface area contributed by atoms with Crippen LogP contribution in [0, 0.1) is 23.7 Å². The van der Waals surface area contributed by atoms with Crippen molar-refractivity contribution in [3.63, 3.8) is 0 Å². The summed E-state index contributed by atoms with van der Waals surface area (Å²) in [6.45, 7) is 0. The number of aliphatic hydroxyl groups is 1. The minimum atomic E-state index is -2.74. The molecule has 2 fully saturated rings. The van der Waals surface area contributed by atoms with E-state index in [-0.39, 0.29) is 35.2 Å². The predicted octanol–water partition coefficient (Wildman–Crippen LogP) is -0.0500. The van der Waals surface area contributed by atoms with Crippen LogP contribution in [-0.2, 0) is 25.6 Å². The van der Waals surface area contributed by atoms with Gasteiger partial charge in [0.15, 0.2) is 40.4 Å². The Morgan fingerprint density at radius 3 is 2.21 bits per heavy atom. The number of rotatable bonds is 3. The molecule has 3 aliphatic carbocycles. The monoisotopic (exact) mass is 531 g/mol. The van der Waals surface area contributed by atoms with E-state index in [0.29, 0.717) is 10.6 Å². The first-order valence-corrected chi connectivity index (χ1v) is 12.2. The zero-order valence-electron chi connectivity index (χ0n) is 20.2. The number of Topliss-reactive ketones (excluding diaryl/α,β-unsaturated/α-hetero) is 4. The lowest BCUT2D eigenvalue weighted by atomic mass is 9.54. The van der Waals surface area contributed by atoms with E-state index in [4.69, 9.17) is 5.73 Å². The lowest BCUT2D eigenvalue weighted by Crippen LogP contribution is -2.68. The maximum atomic E-state index is 13.6. The number of phenols is 1.